The van der Waals surface area contributed by atoms with Gasteiger partial charge in [0.15, 0.2) is 0 Å². The Morgan fingerprint density at radius 1 is 0.824 bits per heavy atom. The van der Waals surface area contributed by atoms with E-state index in [4.69, 9.17) is 5.11 Å². The van der Waals surface area contributed by atoms with E-state index in [2.05, 4.69) is 5.32 Å². The SMILES string of the molecule is OCCCCCNC1C2CC3CC(C2)CC1C3. The fraction of sp³-hybridized carbons (Fsp3) is 1.00. The molecule has 2 nitrogen and oxygen atoms in total. The highest BCUT2D eigenvalue weighted by Crippen LogP contribution is 2.53. The van der Waals surface area contributed by atoms with Gasteiger partial charge in [-0.2, -0.15) is 0 Å². The van der Waals surface area contributed by atoms with E-state index in [1.54, 1.807) is 6.42 Å². The molecule has 0 spiro atoms. The van der Waals surface area contributed by atoms with Crippen molar-refractivity contribution in [1.29, 1.82) is 0 Å². The summed E-state index contributed by atoms with van der Waals surface area (Å²) in [4.78, 5) is 0. The lowest BCUT2D eigenvalue weighted by Crippen LogP contribution is -2.54. The van der Waals surface area contributed by atoms with E-state index >= 15 is 0 Å². The number of unbranched alkanes of at least 4 members (excludes halogenated alkanes) is 2. The molecule has 0 aromatic carbocycles. The zero-order chi connectivity index (χ0) is 11.7. The van der Waals surface area contributed by atoms with Crippen LogP contribution in [-0.4, -0.2) is 24.3 Å². The summed E-state index contributed by atoms with van der Waals surface area (Å²) in [6, 6.07) is 0.844. The van der Waals surface area contributed by atoms with Crippen LogP contribution in [0.1, 0.15) is 51.4 Å². The van der Waals surface area contributed by atoms with Crippen LogP contribution in [0.4, 0.5) is 0 Å². The summed E-state index contributed by atoms with van der Waals surface area (Å²) in [5.74, 6) is 4.18. The van der Waals surface area contributed by atoms with Gasteiger partial charge in [-0.05, 0) is 81.6 Å². The van der Waals surface area contributed by atoms with Gasteiger partial charge in [0.2, 0.25) is 0 Å². The molecular formula is C15H27NO. The first-order valence-corrected chi connectivity index (χ1v) is 7.71. The highest BCUT2D eigenvalue weighted by Gasteiger charge is 2.47. The summed E-state index contributed by atoms with van der Waals surface area (Å²) in [5, 5.41) is 12.6. The molecule has 2 N–H and O–H groups in total. The molecule has 4 fully saturated rings. The second-order valence-corrected chi connectivity index (χ2v) is 6.69. The quantitative estimate of drug-likeness (QED) is 0.696. The van der Waals surface area contributed by atoms with E-state index in [9.17, 15) is 0 Å². The summed E-state index contributed by atoms with van der Waals surface area (Å²) in [5.41, 5.74) is 0. The van der Waals surface area contributed by atoms with Crippen molar-refractivity contribution in [2.75, 3.05) is 13.2 Å². The maximum atomic E-state index is 8.76. The molecular weight excluding hydrogens is 210 g/mol. The van der Waals surface area contributed by atoms with Gasteiger partial charge in [0.1, 0.15) is 0 Å². The van der Waals surface area contributed by atoms with Crippen LogP contribution < -0.4 is 5.32 Å². The van der Waals surface area contributed by atoms with Crippen LogP contribution in [0.3, 0.4) is 0 Å². The Hall–Kier alpha value is -0.0800. The van der Waals surface area contributed by atoms with Gasteiger partial charge in [-0.3, -0.25) is 0 Å². The summed E-state index contributed by atoms with van der Waals surface area (Å²) >= 11 is 0. The molecule has 4 saturated carbocycles. The third-order valence-corrected chi connectivity index (χ3v) is 5.44. The zero-order valence-corrected chi connectivity index (χ0v) is 10.9. The van der Waals surface area contributed by atoms with Crippen LogP contribution in [0, 0.1) is 23.7 Å². The molecule has 0 aromatic heterocycles. The van der Waals surface area contributed by atoms with Crippen LogP contribution >= 0.6 is 0 Å². The third kappa shape index (κ3) is 2.53. The van der Waals surface area contributed by atoms with E-state index in [0.717, 1.165) is 36.1 Å². The van der Waals surface area contributed by atoms with Crippen LogP contribution in [-0.2, 0) is 0 Å². The van der Waals surface area contributed by atoms with Crippen molar-refractivity contribution in [2.45, 2.75) is 57.4 Å². The smallest absolute Gasteiger partial charge is 0.0431 e. The van der Waals surface area contributed by atoms with Gasteiger partial charge in [0, 0.05) is 12.6 Å². The van der Waals surface area contributed by atoms with Crippen molar-refractivity contribution in [1.82, 2.24) is 5.32 Å². The number of rotatable bonds is 6. The van der Waals surface area contributed by atoms with Gasteiger partial charge < -0.3 is 10.4 Å². The average Bonchev–Trinajstić information content (AvgIpc) is 2.31. The highest BCUT2D eigenvalue weighted by atomic mass is 16.2. The largest absolute Gasteiger partial charge is 0.396 e. The van der Waals surface area contributed by atoms with Crippen LogP contribution in [0.25, 0.3) is 0 Å². The predicted molar refractivity (Wildman–Crippen MR) is 69.8 cm³/mol. The van der Waals surface area contributed by atoms with Gasteiger partial charge in [0.05, 0.1) is 0 Å². The monoisotopic (exact) mass is 237 g/mol. The Bertz CT molecular complexity index is 225. The van der Waals surface area contributed by atoms with E-state index in [1.165, 1.54) is 45.1 Å². The number of hydrogen-bond acceptors (Lipinski definition) is 2. The van der Waals surface area contributed by atoms with Gasteiger partial charge in [-0.15, -0.1) is 0 Å². The fourth-order valence-corrected chi connectivity index (χ4v) is 4.94. The molecule has 2 heteroatoms. The second-order valence-electron chi connectivity index (χ2n) is 6.69. The van der Waals surface area contributed by atoms with Crippen molar-refractivity contribution in [3.63, 3.8) is 0 Å². The third-order valence-electron chi connectivity index (χ3n) is 5.44. The Balaban J connectivity index is 1.44. The molecule has 4 bridgehead atoms. The molecule has 0 amide bonds. The first-order valence-electron chi connectivity index (χ1n) is 7.71. The van der Waals surface area contributed by atoms with Crippen molar-refractivity contribution < 1.29 is 5.11 Å². The average molecular weight is 237 g/mol. The maximum Gasteiger partial charge on any atom is 0.0431 e. The first kappa shape index (κ1) is 12.0. The lowest BCUT2D eigenvalue weighted by Gasteiger charge is -2.54. The summed E-state index contributed by atoms with van der Waals surface area (Å²) in [6.45, 7) is 1.53. The Morgan fingerprint density at radius 3 is 2.06 bits per heavy atom. The van der Waals surface area contributed by atoms with Crippen LogP contribution in [0.5, 0.6) is 0 Å². The molecule has 0 atom stereocenters. The first-order chi connectivity index (χ1) is 8.36. The normalized spacial score (nSPS) is 43.2. The van der Waals surface area contributed by atoms with Crippen molar-refractivity contribution in [3.05, 3.63) is 0 Å². The Morgan fingerprint density at radius 2 is 1.47 bits per heavy atom. The number of nitrogens with one attached hydrogen (secondary N) is 1. The molecule has 98 valence electrons. The molecule has 0 aliphatic heterocycles. The second kappa shape index (κ2) is 5.27. The van der Waals surface area contributed by atoms with Crippen molar-refractivity contribution in [3.8, 4) is 0 Å². The van der Waals surface area contributed by atoms with E-state index in [1.807, 2.05) is 0 Å². The number of aliphatic hydroxyl groups excluding tert-OH is 1. The number of hydrogen-bond donors (Lipinski definition) is 2. The van der Waals surface area contributed by atoms with Gasteiger partial charge in [0.25, 0.3) is 0 Å². The molecule has 4 aliphatic rings. The van der Waals surface area contributed by atoms with E-state index in [0.29, 0.717) is 6.61 Å². The minimum absolute atomic E-state index is 0.359. The number of aliphatic hydroxyl groups is 1. The summed E-state index contributed by atoms with van der Waals surface area (Å²) in [7, 11) is 0. The standard InChI is InChI=1S/C15H27NO/c17-5-3-1-2-4-16-15-13-7-11-6-12(9-13)10-14(15)8-11/h11-17H,1-10H2. The lowest BCUT2D eigenvalue weighted by molar-refractivity contribution is -0.0136. The molecule has 0 heterocycles. The lowest BCUT2D eigenvalue weighted by atomic mass is 9.54. The fourth-order valence-electron chi connectivity index (χ4n) is 4.94. The summed E-state index contributed by atoms with van der Waals surface area (Å²) in [6.07, 6.45) is 11.0. The maximum absolute atomic E-state index is 8.76. The molecule has 4 rings (SSSR count). The minimum Gasteiger partial charge on any atom is -0.396 e. The van der Waals surface area contributed by atoms with Gasteiger partial charge in [-0.25, -0.2) is 0 Å². The Kier molecular flexibility index (Phi) is 3.72. The summed E-state index contributed by atoms with van der Waals surface area (Å²) < 4.78 is 0. The van der Waals surface area contributed by atoms with Gasteiger partial charge >= 0.3 is 0 Å². The van der Waals surface area contributed by atoms with E-state index < -0.39 is 0 Å². The molecule has 0 unspecified atom stereocenters. The minimum atomic E-state index is 0.359. The topological polar surface area (TPSA) is 32.3 Å². The van der Waals surface area contributed by atoms with Crippen molar-refractivity contribution >= 4 is 0 Å². The Labute approximate surface area is 105 Å². The molecule has 0 saturated heterocycles. The zero-order valence-electron chi connectivity index (χ0n) is 10.9. The van der Waals surface area contributed by atoms with Crippen molar-refractivity contribution in [2.24, 2.45) is 23.7 Å². The van der Waals surface area contributed by atoms with Crippen LogP contribution in [0.15, 0.2) is 0 Å². The molecule has 17 heavy (non-hydrogen) atoms. The highest BCUT2D eigenvalue weighted by molar-refractivity contribution is 5.01. The predicted octanol–water partition coefficient (Wildman–Crippen LogP) is 2.56. The van der Waals surface area contributed by atoms with Crippen LogP contribution in [0.2, 0.25) is 0 Å². The molecule has 4 aliphatic carbocycles. The molecule has 0 aromatic rings. The molecule has 0 radical (unpaired) electrons. The van der Waals surface area contributed by atoms with Gasteiger partial charge in [-0.1, -0.05) is 0 Å². The van der Waals surface area contributed by atoms with E-state index in [-0.39, 0.29) is 0 Å².